The van der Waals surface area contributed by atoms with Crippen LogP contribution in [0.5, 0.6) is 0 Å². The molecule has 1 amide bonds. The Morgan fingerprint density at radius 3 is 3.00 bits per heavy atom. The molecule has 0 bridgehead atoms. The number of hydrogen-bond donors (Lipinski definition) is 2. The zero-order chi connectivity index (χ0) is 16.4. The maximum atomic E-state index is 12.2. The molecule has 5 nitrogen and oxygen atoms in total. The van der Waals surface area contributed by atoms with Crippen LogP contribution in [0.2, 0.25) is 0 Å². The van der Waals surface area contributed by atoms with Crippen molar-refractivity contribution in [3.8, 4) is 6.07 Å². The molecule has 120 valence electrons. The van der Waals surface area contributed by atoms with Crippen molar-refractivity contribution in [1.29, 1.82) is 5.26 Å². The summed E-state index contributed by atoms with van der Waals surface area (Å²) in [5.41, 5.74) is 1.80. The molecule has 2 aromatic heterocycles. The number of furan rings is 1. The van der Waals surface area contributed by atoms with E-state index >= 15 is 0 Å². The Labute approximate surface area is 139 Å². The van der Waals surface area contributed by atoms with Crippen LogP contribution in [0.4, 0.5) is 5.00 Å². The molecule has 6 heteroatoms. The molecule has 0 radical (unpaired) electrons. The van der Waals surface area contributed by atoms with E-state index in [0.29, 0.717) is 23.7 Å². The van der Waals surface area contributed by atoms with Crippen LogP contribution in [-0.2, 0) is 24.2 Å². The summed E-state index contributed by atoms with van der Waals surface area (Å²) in [7, 11) is 1.96. The topological polar surface area (TPSA) is 70.5 Å². The van der Waals surface area contributed by atoms with Crippen molar-refractivity contribution in [2.75, 3.05) is 18.9 Å². The average molecular weight is 330 g/mol. The first-order chi connectivity index (χ1) is 11.1. The van der Waals surface area contributed by atoms with Gasteiger partial charge in [0.15, 0.2) is 12.3 Å². The first-order valence-corrected chi connectivity index (χ1v) is 8.59. The van der Waals surface area contributed by atoms with Gasteiger partial charge in [0, 0.05) is 4.88 Å². The van der Waals surface area contributed by atoms with Crippen LogP contribution in [0, 0.1) is 18.3 Å². The lowest BCUT2D eigenvalue weighted by Gasteiger charge is -2.12. The highest BCUT2D eigenvalue weighted by molar-refractivity contribution is 7.16. The number of rotatable bonds is 5. The number of nitrogens with one attached hydrogen (secondary N) is 2. The highest BCUT2D eigenvalue weighted by atomic mass is 32.1. The Morgan fingerprint density at radius 1 is 1.48 bits per heavy atom. The lowest BCUT2D eigenvalue weighted by molar-refractivity contribution is -0.886. The SMILES string of the molecule is Cc1ccc(C[NH+](C)CC(=O)Nc2sc3c(c2C#N)CCC3)o1. The molecule has 1 aliphatic rings. The molecular weight excluding hydrogens is 310 g/mol. The van der Waals surface area contributed by atoms with Gasteiger partial charge < -0.3 is 14.6 Å². The summed E-state index contributed by atoms with van der Waals surface area (Å²) in [6.07, 6.45) is 3.08. The smallest absolute Gasteiger partial charge is 0.280 e. The van der Waals surface area contributed by atoms with Crippen molar-refractivity contribution in [2.24, 2.45) is 0 Å². The largest absolute Gasteiger partial charge is 0.460 e. The van der Waals surface area contributed by atoms with E-state index in [0.717, 1.165) is 41.2 Å². The summed E-state index contributed by atoms with van der Waals surface area (Å²) in [6, 6.07) is 6.12. The van der Waals surface area contributed by atoms with Gasteiger partial charge >= 0.3 is 0 Å². The van der Waals surface area contributed by atoms with Crippen molar-refractivity contribution < 1.29 is 14.1 Å². The van der Waals surface area contributed by atoms with Gasteiger partial charge in [-0.1, -0.05) is 0 Å². The van der Waals surface area contributed by atoms with Gasteiger partial charge in [0.05, 0.1) is 12.6 Å². The highest BCUT2D eigenvalue weighted by Gasteiger charge is 2.23. The van der Waals surface area contributed by atoms with Crippen LogP contribution in [0.1, 0.15) is 33.9 Å². The first kappa shape index (κ1) is 15.8. The zero-order valence-electron chi connectivity index (χ0n) is 13.4. The summed E-state index contributed by atoms with van der Waals surface area (Å²) in [4.78, 5) is 14.5. The number of likely N-dealkylation sites (N-methyl/N-ethyl adjacent to an activating group) is 1. The van der Waals surface area contributed by atoms with Gasteiger partial charge in [0.25, 0.3) is 5.91 Å². The molecule has 23 heavy (non-hydrogen) atoms. The van der Waals surface area contributed by atoms with Crippen LogP contribution >= 0.6 is 11.3 Å². The van der Waals surface area contributed by atoms with Crippen LogP contribution < -0.4 is 10.2 Å². The van der Waals surface area contributed by atoms with Gasteiger partial charge in [0.2, 0.25) is 0 Å². The van der Waals surface area contributed by atoms with E-state index in [2.05, 4.69) is 11.4 Å². The molecule has 0 saturated carbocycles. The van der Waals surface area contributed by atoms with E-state index < -0.39 is 0 Å². The van der Waals surface area contributed by atoms with E-state index in [1.54, 1.807) is 11.3 Å². The van der Waals surface area contributed by atoms with Crippen molar-refractivity contribution in [3.05, 3.63) is 39.7 Å². The Bertz CT molecular complexity index is 769. The number of quaternary nitrogens is 1. The summed E-state index contributed by atoms with van der Waals surface area (Å²) >= 11 is 1.55. The van der Waals surface area contributed by atoms with Gasteiger partial charge in [-0.15, -0.1) is 11.3 Å². The minimum absolute atomic E-state index is 0.0674. The third-order valence-corrected chi connectivity index (χ3v) is 5.23. The molecule has 0 aromatic carbocycles. The van der Waals surface area contributed by atoms with Crippen LogP contribution in [0.25, 0.3) is 0 Å². The molecule has 0 fully saturated rings. The summed E-state index contributed by atoms with van der Waals surface area (Å²) < 4.78 is 5.54. The molecule has 2 N–H and O–H groups in total. The number of aryl methyl sites for hydroxylation is 2. The number of nitrogens with zero attached hydrogens (tertiary/aromatic N) is 1. The fraction of sp³-hybridized carbons (Fsp3) is 0.412. The number of nitriles is 1. The van der Waals surface area contributed by atoms with Gasteiger partial charge in [-0.3, -0.25) is 4.79 Å². The highest BCUT2D eigenvalue weighted by Crippen LogP contribution is 2.38. The molecule has 1 atom stereocenters. The molecule has 2 aromatic rings. The minimum Gasteiger partial charge on any atom is -0.460 e. The lowest BCUT2D eigenvalue weighted by Crippen LogP contribution is -3.08. The van der Waals surface area contributed by atoms with Crippen molar-refractivity contribution in [3.63, 3.8) is 0 Å². The van der Waals surface area contributed by atoms with Gasteiger partial charge in [-0.05, 0) is 43.9 Å². The predicted molar refractivity (Wildman–Crippen MR) is 88.6 cm³/mol. The molecule has 0 saturated heterocycles. The van der Waals surface area contributed by atoms with Crippen molar-refractivity contribution in [2.45, 2.75) is 32.7 Å². The van der Waals surface area contributed by atoms with Crippen molar-refractivity contribution >= 4 is 22.2 Å². The second-order valence-corrected chi connectivity index (χ2v) is 7.15. The quantitative estimate of drug-likeness (QED) is 0.876. The minimum atomic E-state index is -0.0674. The monoisotopic (exact) mass is 330 g/mol. The van der Waals surface area contributed by atoms with Gasteiger partial charge in [-0.2, -0.15) is 5.26 Å². The number of amides is 1. The number of fused-ring (bicyclic) bond motifs is 1. The number of carbonyl (C=O) groups excluding carboxylic acids is 1. The normalized spacial score (nSPS) is 14.3. The van der Waals surface area contributed by atoms with Gasteiger partial charge in [0.1, 0.15) is 23.4 Å². The lowest BCUT2D eigenvalue weighted by atomic mass is 10.1. The fourth-order valence-electron chi connectivity index (χ4n) is 3.00. The molecule has 2 heterocycles. The average Bonchev–Trinajstić information content (AvgIpc) is 3.15. The van der Waals surface area contributed by atoms with E-state index in [-0.39, 0.29) is 5.91 Å². The standard InChI is InChI=1S/C17H19N3O2S/c1-11-6-7-12(22-11)9-20(2)10-16(21)19-17-14(8-18)13-4-3-5-15(13)23-17/h6-7H,3-5,9-10H2,1-2H3,(H,19,21)/p+1. The molecular formula is C17H20N3O2S+. The molecule has 1 unspecified atom stereocenters. The van der Waals surface area contributed by atoms with Crippen LogP contribution in [0.3, 0.4) is 0 Å². The molecule has 0 aliphatic heterocycles. The van der Waals surface area contributed by atoms with Gasteiger partial charge in [-0.25, -0.2) is 0 Å². The number of hydrogen-bond acceptors (Lipinski definition) is 4. The number of thiophene rings is 1. The van der Waals surface area contributed by atoms with E-state index in [1.807, 2.05) is 26.1 Å². The first-order valence-electron chi connectivity index (χ1n) is 7.78. The van der Waals surface area contributed by atoms with E-state index in [9.17, 15) is 10.1 Å². The van der Waals surface area contributed by atoms with E-state index in [1.165, 1.54) is 4.88 Å². The zero-order valence-corrected chi connectivity index (χ0v) is 14.2. The summed E-state index contributed by atoms with van der Waals surface area (Å²) in [6.45, 7) is 2.91. The number of anilines is 1. The van der Waals surface area contributed by atoms with Crippen LogP contribution in [0.15, 0.2) is 16.5 Å². The predicted octanol–water partition coefficient (Wildman–Crippen LogP) is 1.66. The van der Waals surface area contributed by atoms with Crippen molar-refractivity contribution in [1.82, 2.24) is 0 Å². The third-order valence-electron chi connectivity index (χ3n) is 4.02. The Kier molecular flexibility index (Phi) is 4.51. The Morgan fingerprint density at radius 2 is 2.30 bits per heavy atom. The molecule has 1 aliphatic carbocycles. The second-order valence-electron chi connectivity index (χ2n) is 6.04. The molecule has 3 rings (SSSR count). The summed E-state index contributed by atoms with van der Waals surface area (Å²) in [5.74, 6) is 1.69. The maximum absolute atomic E-state index is 12.2. The Balaban J connectivity index is 1.60. The fourth-order valence-corrected chi connectivity index (χ4v) is 4.25. The van der Waals surface area contributed by atoms with E-state index in [4.69, 9.17) is 4.42 Å². The molecule has 0 spiro atoms. The van der Waals surface area contributed by atoms with Crippen LogP contribution in [-0.4, -0.2) is 19.5 Å². The second kappa shape index (κ2) is 6.57. The third kappa shape index (κ3) is 3.46. The maximum Gasteiger partial charge on any atom is 0.280 e. The summed E-state index contributed by atoms with van der Waals surface area (Å²) in [5, 5.41) is 13.0. The number of carbonyl (C=O) groups is 1. The Hall–Kier alpha value is -2.10.